The molecule has 0 unspecified atom stereocenters. The van der Waals surface area contributed by atoms with Gasteiger partial charge in [-0.3, -0.25) is 4.79 Å². The predicted octanol–water partition coefficient (Wildman–Crippen LogP) is 4.30. The first-order valence-corrected chi connectivity index (χ1v) is 8.09. The molecule has 0 N–H and O–H groups in total. The first-order valence-electron chi connectivity index (χ1n) is 8.09. The summed E-state index contributed by atoms with van der Waals surface area (Å²) in [7, 11) is 0. The minimum atomic E-state index is -0.148. The summed E-state index contributed by atoms with van der Waals surface area (Å²) in [5, 5.41) is 7.74. The van der Waals surface area contributed by atoms with Gasteiger partial charge in [0.15, 0.2) is 12.4 Å². The third kappa shape index (κ3) is 4.12. The molecule has 0 radical (unpaired) electrons. The minimum Gasteiger partial charge on any atom is -0.441 e. The van der Waals surface area contributed by atoms with Crippen molar-refractivity contribution in [3.63, 3.8) is 0 Å². The maximum Gasteiger partial charge on any atom is 0.415 e. The second-order valence-electron chi connectivity index (χ2n) is 6.78. The van der Waals surface area contributed by atoms with Crippen LogP contribution in [-0.4, -0.2) is 22.6 Å². The van der Waals surface area contributed by atoms with Gasteiger partial charge in [-0.25, -0.2) is 0 Å². The summed E-state index contributed by atoms with van der Waals surface area (Å²) in [4.78, 5) is 12.2. The highest BCUT2D eigenvalue weighted by Crippen LogP contribution is 2.23. The van der Waals surface area contributed by atoms with Gasteiger partial charge < -0.3 is 9.15 Å². The molecule has 5 heteroatoms. The molecule has 128 valence electrons. The fourth-order valence-electron chi connectivity index (χ4n) is 2.33. The molecule has 0 spiro atoms. The molecule has 0 saturated carbocycles. The maximum atomic E-state index is 12.2. The number of ether oxygens (including phenoxy) is 1. The molecular formula is C20H20N2O3. The molecule has 0 fully saturated rings. The molecule has 25 heavy (non-hydrogen) atoms. The lowest BCUT2D eigenvalue weighted by Gasteiger charge is -2.18. The number of hydrogen-bond donors (Lipinski definition) is 0. The molecular weight excluding hydrogens is 316 g/mol. The van der Waals surface area contributed by atoms with E-state index in [1.54, 1.807) is 0 Å². The largest absolute Gasteiger partial charge is 0.441 e. The van der Waals surface area contributed by atoms with Crippen molar-refractivity contribution in [2.24, 2.45) is 0 Å². The van der Waals surface area contributed by atoms with Crippen LogP contribution < -0.4 is 4.74 Å². The van der Waals surface area contributed by atoms with Gasteiger partial charge in [0.2, 0.25) is 0 Å². The number of carbonyl (C=O) groups excluding carboxylic acids is 1. The Bertz CT molecular complexity index is 847. The highest BCUT2D eigenvalue weighted by Gasteiger charge is 2.15. The van der Waals surface area contributed by atoms with Crippen LogP contribution >= 0.6 is 0 Å². The zero-order valence-electron chi connectivity index (χ0n) is 14.5. The third-order valence-electron chi connectivity index (χ3n) is 3.83. The molecule has 0 aliphatic carbocycles. The van der Waals surface area contributed by atoms with Crippen LogP contribution in [0.2, 0.25) is 0 Å². The standard InChI is InChI=1S/C20H20N2O3/c1-20(2,3)16-11-9-14(10-12-16)17(23)13-24-19-22-21-18(25-19)15-7-5-4-6-8-15/h4-12H,13H2,1-3H3. The summed E-state index contributed by atoms with van der Waals surface area (Å²) in [6, 6.07) is 16.9. The van der Waals surface area contributed by atoms with E-state index in [0.29, 0.717) is 11.5 Å². The van der Waals surface area contributed by atoms with Crippen LogP contribution in [0.25, 0.3) is 11.5 Å². The molecule has 5 nitrogen and oxygen atoms in total. The van der Waals surface area contributed by atoms with Gasteiger partial charge in [0.05, 0.1) is 0 Å². The smallest absolute Gasteiger partial charge is 0.415 e. The van der Waals surface area contributed by atoms with E-state index in [4.69, 9.17) is 9.15 Å². The SMILES string of the molecule is CC(C)(C)c1ccc(C(=O)COc2nnc(-c3ccccc3)o2)cc1. The fourth-order valence-corrected chi connectivity index (χ4v) is 2.33. The Kier molecular flexibility index (Phi) is 4.65. The number of nitrogens with zero attached hydrogens (tertiary/aromatic N) is 2. The van der Waals surface area contributed by atoms with E-state index < -0.39 is 0 Å². The van der Waals surface area contributed by atoms with Crippen molar-refractivity contribution >= 4 is 5.78 Å². The van der Waals surface area contributed by atoms with Crippen LogP contribution in [0.3, 0.4) is 0 Å². The topological polar surface area (TPSA) is 65.2 Å². The Morgan fingerprint density at radius 1 is 1.00 bits per heavy atom. The van der Waals surface area contributed by atoms with Gasteiger partial charge in [-0.15, -0.1) is 5.10 Å². The molecule has 0 aliphatic heterocycles. The number of rotatable bonds is 5. The van der Waals surface area contributed by atoms with Crippen LogP contribution in [0.15, 0.2) is 59.0 Å². The number of ketones is 1. The minimum absolute atomic E-state index is 0.0153. The van der Waals surface area contributed by atoms with Crippen LogP contribution in [0, 0.1) is 0 Å². The molecule has 0 amide bonds. The number of aromatic nitrogens is 2. The van der Waals surface area contributed by atoms with Crippen LogP contribution in [0.4, 0.5) is 0 Å². The molecule has 0 aliphatic rings. The summed E-state index contributed by atoms with van der Waals surface area (Å²) in [6.45, 7) is 6.25. The van der Waals surface area contributed by atoms with Gasteiger partial charge in [0.1, 0.15) is 0 Å². The fraction of sp³-hybridized carbons (Fsp3) is 0.250. The Morgan fingerprint density at radius 2 is 1.68 bits per heavy atom. The van der Waals surface area contributed by atoms with Crippen LogP contribution in [0.1, 0.15) is 36.7 Å². The number of hydrogen-bond acceptors (Lipinski definition) is 5. The van der Waals surface area contributed by atoms with Gasteiger partial charge in [0.25, 0.3) is 5.89 Å². The predicted molar refractivity (Wildman–Crippen MR) is 94.7 cm³/mol. The summed E-state index contributed by atoms with van der Waals surface area (Å²) >= 11 is 0. The lowest BCUT2D eigenvalue weighted by atomic mass is 9.86. The van der Waals surface area contributed by atoms with Gasteiger partial charge in [-0.05, 0) is 23.1 Å². The normalized spacial score (nSPS) is 11.3. The summed E-state index contributed by atoms with van der Waals surface area (Å²) < 4.78 is 10.8. The molecule has 1 aromatic heterocycles. The summed E-state index contributed by atoms with van der Waals surface area (Å²) in [6.07, 6.45) is -0.0153. The van der Waals surface area contributed by atoms with Crippen molar-refractivity contribution in [3.8, 4) is 17.5 Å². The number of carbonyl (C=O) groups is 1. The van der Waals surface area contributed by atoms with E-state index in [1.807, 2.05) is 54.6 Å². The highest BCUT2D eigenvalue weighted by atomic mass is 16.6. The molecule has 0 atom stereocenters. The van der Waals surface area contributed by atoms with Crippen molar-refractivity contribution in [1.29, 1.82) is 0 Å². The van der Waals surface area contributed by atoms with Gasteiger partial charge in [0, 0.05) is 11.1 Å². The third-order valence-corrected chi connectivity index (χ3v) is 3.83. The van der Waals surface area contributed by atoms with E-state index in [-0.39, 0.29) is 23.9 Å². The maximum absolute atomic E-state index is 12.2. The molecule has 3 rings (SSSR count). The van der Waals surface area contributed by atoms with Crippen molar-refractivity contribution in [2.75, 3.05) is 6.61 Å². The number of benzene rings is 2. The van der Waals surface area contributed by atoms with E-state index in [9.17, 15) is 4.79 Å². The van der Waals surface area contributed by atoms with E-state index in [2.05, 4.69) is 31.0 Å². The second-order valence-corrected chi connectivity index (χ2v) is 6.78. The Balaban J connectivity index is 1.62. The molecule has 2 aromatic carbocycles. The Hall–Kier alpha value is -2.95. The average Bonchev–Trinajstić information content (AvgIpc) is 3.09. The molecule has 0 saturated heterocycles. The molecule has 1 heterocycles. The first kappa shape index (κ1) is 16.9. The lowest BCUT2D eigenvalue weighted by Crippen LogP contribution is -2.14. The van der Waals surface area contributed by atoms with E-state index >= 15 is 0 Å². The van der Waals surface area contributed by atoms with Crippen molar-refractivity contribution in [1.82, 2.24) is 10.2 Å². The van der Waals surface area contributed by atoms with Gasteiger partial charge in [-0.1, -0.05) is 68.3 Å². The average molecular weight is 336 g/mol. The summed E-state index contributed by atoms with van der Waals surface area (Å²) in [5.74, 6) is 0.220. The Morgan fingerprint density at radius 3 is 2.32 bits per heavy atom. The highest BCUT2D eigenvalue weighted by molar-refractivity contribution is 5.97. The monoisotopic (exact) mass is 336 g/mol. The lowest BCUT2D eigenvalue weighted by molar-refractivity contribution is 0.0894. The molecule has 3 aromatic rings. The summed E-state index contributed by atoms with van der Waals surface area (Å²) in [5.41, 5.74) is 2.62. The van der Waals surface area contributed by atoms with Crippen molar-refractivity contribution in [2.45, 2.75) is 26.2 Å². The molecule has 0 bridgehead atoms. The Labute approximate surface area is 146 Å². The zero-order valence-corrected chi connectivity index (χ0v) is 14.5. The van der Waals surface area contributed by atoms with Gasteiger partial charge in [-0.2, -0.15) is 0 Å². The van der Waals surface area contributed by atoms with Crippen LogP contribution in [-0.2, 0) is 5.41 Å². The van der Waals surface area contributed by atoms with E-state index in [0.717, 1.165) is 5.56 Å². The van der Waals surface area contributed by atoms with E-state index in [1.165, 1.54) is 5.56 Å². The number of Topliss-reactive ketones (excluding diaryl/α,β-unsaturated/α-hetero) is 1. The van der Waals surface area contributed by atoms with Crippen molar-refractivity contribution in [3.05, 3.63) is 65.7 Å². The first-order chi connectivity index (χ1) is 11.9. The second kappa shape index (κ2) is 6.89. The van der Waals surface area contributed by atoms with Gasteiger partial charge >= 0.3 is 6.08 Å². The quantitative estimate of drug-likeness (QED) is 0.650. The van der Waals surface area contributed by atoms with Crippen LogP contribution in [0.5, 0.6) is 6.08 Å². The van der Waals surface area contributed by atoms with Crippen molar-refractivity contribution < 1.29 is 13.9 Å². The zero-order chi connectivity index (χ0) is 17.9.